The first kappa shape index (κ1) is 13.5. The summed E-state index contributed by atoms with van der Waals surface area (Å²) in [6.45, 7) is 1.04. The summed E-state index contributed by atoms with van der Waals surface area (Å²) in [6.07, 6.45) is 1.09. The quantitative estimate of drug-likeness (QED) is 0.435. The summed E-state index contributed by atoms with van der Waals surface area (Å²) >= 11 is 0. The molecule has 1 nitrogen and oxygen atoms in total. The first-order valence-corrected chi connectivity index (χ1v) is 8.51. The van der Waals surface area contributed by atoms with Crippen molar-refractivity contribution < 1.29 is 4.57 Å². The van der Waals surface area contributed by atoms with E-state index in [1.807, 2.05) is 0 Å². The molecular weight excluding hydrogens is 290 g/mol. The first-order valence-electron chi connectivity index (χ1n) is 8.51. The summed E-state index contributed by atoms with van der Waals surface area (Å²) in [4.78, 5) is 0. The predicted octanol–water partition coefficient (Wildman–Crippen LogP) is 5.02. The maximum absolute atomic E-state index is 2.48. The highest BCUT2D eigenvalue weighted by Crippen LogP contribution is 2.36. The van der Waals surface area contributed by atoms with E-state index in [1.54, 1.807) is 0 Å². The van der Waals surface area contributed by atoms with E-state index in [2.05, 4.69) is 89.5 Å². The molecule has 4 aromatic rings. The summed E-state index contributed by atoms with van der Waals surface area (Å²) in [5, 5.41) is 1.31. The number of para-hydroxylation sites is 1. The van der Waals surface area contributed by atoms with Gasteiger partial charge in [-0.3, -0.25) is 0 Å². The van der Waals surface area contributed by atoms with Crippen molar-refractivity contribution in [3.63, 3.8) is 0 Å². The maximum Gasteiger partial charge on any atom is 0.213 e. The molecule has 0 atom stereocenters. The second-order valence-electron chi connectivity index (χ2n) is 6.38. The van der Waals surface area contributed by atoms with Crippen LogP contribution in [-0.2, 0) is 13.0 Å². The Bertz CT molecular complexity index is 1050. The second kappa shape index (κ2) is 5.31. The molecule has 1 aliphatic heterocycles. The maximum atomic E-state index is 2.48. The summed E-state index contributed by atoms with van der Waals surface area (Å²) < 4.78 is 2.48. The molecule has 0 N–H and O–H groups in total. The Hall–Kier alpha value is -2.93. The molecule has 0 unspecified atom stereocenters. The molecule has 5 rings (SSSR count). The smallest absolute Gasteiger partial charge is 0.191 e. The molecule has 0 aliphatic carbocycles. The van der Waals surface area contributed by atoms with Crippen molar-refractivity contribution in [2.45, 2.75) is 13.0 Å². The minimum absolute atomic E-state index is 1.04. The summed E-state index contributed by atoms with van der Waals surface area (Å²) in [6, 6.07) is 30.6. The lowest BCUT2D eigenvalue weighted by Gasteiger charge is -2.19. The van der Waals surface area contributed by atoms with Crippen LogP contribution in [0.15, 0.2) is 84.9 Å². The van der Waals surface area contributed by atoms with Crippen LogP contribution in [-0.4, -0.2) is 0 Å². The Morgan fingerprint density at radius 2 is 1.50 bits per heavy atom. The summed E-state index contributed by atoms with van der Waals surface area (Å²) in [5.41, 5.74) is 8.11. The first-order chi connectivity index (χ1) is 11.9. The SMILES string of the molecule is c1ccc(-c2cccc3c2-c2ccc4ccccc4[n+]2CC3)cc1. The van der Waals surface area contributed by atoms with Crippen molar-refractivity contribution >= 4 is 10.9 Å². The zero-order valence-electron chi connectivity index (χ0n) is 13.4. The van der Waals surface area contributed by atoms with Crippen LogP contribution in [0.4, 0.5) is 0 Å². The van der Waals surface area contributed by atoms with Crippen molar-refractivity contribution in [3.05, 3.63) is 90.5 Å². The number of fused-ring (bicyclic) bond motifs is 5. The van der Waals surface area contributed by atoms with Crippen LogP contribution in [0.3, 0.4) is 0 Å². The fourth-order valence-electron chi connectivity index (χ4n) is 3.92. The molecule has 24 heavy (non-hydrogen) atoms. The monoisotopic (exact) mass is 308 g/mol. The van der Waals surface area contributed by atoms with Crippen molar-refractivity contribution in [1.82, 2.24) is 0 Å². The van der Waals surface area contributed by atoms with E-state index in [-0.39, 0.29) is 0 Å². The van der Waals surface area contributed by atoms with Gasteiger partial charge in [0.1, 0.15) is 0 Å². The number of pyridine rings is 1. The lowest BCUT2D eigenvalue weighted by molar-refractivity contribution is -0.661. The van der Waals surface area contributed by atoms with Gasteiger partial charge in [0.25, 0.3) is 0 Å². The average Bonchev–Trinajstić information content (AvgIpc) is 2.67. The number of nitrogens with zero attached hydrogens (tertiary/aromatic N) is 1. The standard InChI is InChI=1S/C23H18N/c1-2-7-17(8-3-1)20-11-6-10-19-15-16-24-21-12-5-4-9-18(21)13-14-22(24)23(19)20/h1-14H,15-16H2/q+1. The molecule has 0 saturated heterocycles. The molecule has 1 heteroatoms. The molecule has 0 amide bonds. The van der Waals surface area contributed by atoms with Gasteiger partial charge in [0.15, 0.2) is 6.54 Å². The lowest BCUT2D eigenvalue weighted by atomic mass is 9.89. The molecule has 0 fully saturated rings. The van der Waals surface area contributed by atoms with Gasteiger partial charge >= 0.3 is 0 Å². The highest BCUT2D eigenvalue weighted by Gasteiger charge is 2.27. The van der Waals surface area contributed by atoms with Crippen LogP contribution in [0.2, 0.25) is 0 Å². The Balaban J connectivity index is 1.84. The van der Waals surface area contributed by atoms with Gasteiger partial charge in [-0.2, -0.15) is 4.57 Å². The van der Waals surface area contributed by atoms with Crippen molar-refractivity contribution in [1.29, 1.82) is 0 Å². The van der Waals surface area contributed by atoms with Gasteiger partial charge in [-0.15, -0.1) is 0 Å². The van der Waals surface area contributed by atoms with E-state index in [4.69, 9.17) is 0 Å². The summed E-state index contributed by atoms with van der Waals surface area (Å²) in [7, 11) is 0. The third kappa shape index (κ3) is 1.98. The number of aryl methyl sites for hydroxylation is 2. The molecule has 3 aromatic carbocycles. The molecular formula is C23H18N+. The number of hydrogen-bond donors (Lipinski definition) is 0. The minimum atomic E-state index is 1.04. The zero-order valence-corrected chi connectivity index (χ0v) is 13.4. The van der Waals surface area contributed by atoms with Crippen LogP contribution in [0.25, 0.3) is 33.3 Å². The van der Waals surface area contributed by atoms with Crippen LogP contribution in [0.1, 0.15) is 5.56 Å². The van der Waals surface area contributed by atoms with Crippen LogP contribution < -0.4 is 4.57 Å². The number of rotatable bonds is 1. The summed E-state index contributed by atoms with van der Waals surface area (Å²) in [5.74, 6) is 0. The van der Waals surface area contributed by atoms with Gasteiger partial charge < -0.3 is 0 Å². The van der Waals surface area contributed by atoms with Crippen molar-refractivity contribution in [2.75, 3.05) is 0 Å². The van der Waals surface area contributed by atoms with Gasteiger partial charge in [-0.1, -0.05) is 60.7 Å². The second-order valence-corrected chi connectivity index (χ2v) is 6.38. The molecule has 0 radical (unpaired) electrons. The van der Waals surface area contributed by atoms with E-state index in [9.17, 15) is 0 Å². The van der Waals surface area contributed by atoms with Crippen LogP contribution in [0.5, 0.6) is 0 Å². The third-order valence-electron chi connectivity index (χ3n) is 5.04. The van der Waals surface area contributed by atoms with E-state index >= 15 is 0 Å². The average molecular weight is 308 g/mol. The number of aromatic nitrogens is 1. The Morgan fingerprint density at radius 1 is 0.667 bits per heavy atom. The van der Waals surface area contributed by atoms with Gasteiger partial charge in [0, 0.05) is 23.9 Å². The van der Waals surface area contributed by atoms with E-state index in [0.29, 0.717) is 0 Å². The van der Waals surface area contributed by atoms with Gasteiger partial charge in [-0.25, -0.2) is 0 Å². The Morgan fingerprint density at radius 3 is 2.42 bits per heavy atom. The van der Waals surface area contributed by atoms with Crippen LogP contribution in [0, 0.1) is 0 Å². The van der Waals surface area contributed by atoms with Gasteiger partial charge in [-0.05, 0) is 28.8 Å². The third-order valence-corrected chi connectivity index (χ3v) is 5.04. The topological polar surface area (TPSA) is 3.88 Å². The highest BCUT2D eigenvalue weighted by molar-refractivity contribution is 5.86. The molecule has 0 bridgehead atoms. The molecule has 1 aromatic heterocycles. The molecule has 1 aliphatic rings. The number of benzene rings is 3. The van der Waals surface area contributed by atoms with E-state index < -0.39 is 0 Å². The van der Waals surface area contributed by atoms with E-state index in [0.717, 1.165) is 13.0 Å². The van der Waals surface area contributed by atoms with Gasteiger partial charge in [0.2, 0.25) is 11.2 Å². The Kier molecular flexibility index (Phi) is 2.99. The van der Waals surface area contributed by atoms with Crippen molar-refractivity contribution in [2.24, 2.45) is 0 Å². The fraction of sp³-hybridized carbons (Fsp3) is 0.0870. The zero-order chi connectivity index (χ0) is 15.9. The Labute approximate surface area is 141 Å². The normalized spacial score (nSPS) is 12.7. The van der Waals surface area contributed by atoms with E-state index in [1.165, 1.54) is 38.9 Å². The predicted molar refractivity (Wildman–Crippen MR) is 98.7 cm³/mol. The molecule has 0 saturated carbocycles. The molecule has 114 valence electrons. The fourth-order valence-corrected chi connectivity index (χ4v) is 3.92. The van der Waals surface area contributed by atoms with Crippen molar-refractivity contribution in [3.8, 4) is 22.4 Å². The molecule has 0 spiro atoms. The molecule has 2 heterocycles. The largest absolute Gasteiger partial charge is 0.213 e. The minimum Gasteiger partial charge on any atom is -0.191 e. The lowest BCUT2D eigenvalue weighted by Crippen LogP contribution is -2.41. The van der Waals surface area contributed by atoms with Gasteiger partial charge in [0.05, 0.1) is 5.56 Å². The number of hydrogen-bond acceptors (Lipinski definition) is 0. The highest BCUT2D eigenvalue weighted by atomic mass is 15.0. The van der Waals surface area contributed by atoms with Crippen LogP contribution >= 0.6 is 0 Å².